The molecule has 174 valence electrons. The minimum absolute atomic E-state index is 0.0196. The number of carbonyl (C=O) groups excluding carboxylic acids is 3. The molecule has 0 aliphatic carbocycles. The van der Waals surface area contributed by atoms with Crippen LogP contribution in [0, 0.1) is 19.7 Å². The molecule has 10 heteroatoms. The van der Waals surface area contributed by atoms with Crippen LogP contribution in [0.5, 0.6) is 0 Å². The monoisotopic (exact) mass is 500 g/mol. The molecule has 7 nitrogen and oxygen atoms in total. The van der Waals surface area contributed by atoms with Crippen molar-refractivity contribution in [3.8, 4) is 5.69 Å². The summed E-state index contributed by atoms with van der Waals surface area (Å²) in [5, 5.41) is 5.82. The van der Waals surface area contributed by atoms with Crippen molar-refractivity contribution >= 4 is 52.8 Å². The van der Waals surface area contributed by atoms with Gasteiger partial charge in [0, 0.05) is 16.4 Å². The Bertz CT molecular complexity index is 1370. The average Bonchev–Trinajstić information content (AvgIpc) is 3.19. The quantitative estimate of drug-likeness (QED) is 0.378. The highest BCUT2D eigenvalue weighted by atomic mass is 35.5. The van der Waals surface area contributed by atoms with Gasteiger partial charge in [-0.3, -0.25) is 9.59 Å². The largest absolute Gasteiger partial charge is 0.329 e. The van der Waals surface area contributed by atoms with Crippen LogP contribution < -0.4 is 10.6 Å². The normalized spacial score (nSPS) is 14.6. The van der Waals surface area contributed by atoms with Crippen molar-refractivity contribution in [3.63, 3.8) is 0 Å². The number of nitrogens with one attached hydrogen (secondary N) is 2. The molecular formula is C24H19Cl2FN4O3. The van der Waals surface area contributed by atoms with Gasteiger partial charge in [0.05, 0.1) is 16.4 Å². The number of hydrogen-bond acceptors (Lipinski definition) is 3. The van der Waals surface area contributed by atoms with E-state index in [0.717, 1.165) is 22.0 Å². The molecule has 0 spiro atoms. The molecule has 2 N–H and O–H groups in total. The topological polar surface area (TPSA) is 83.4 Å². The SMILES string of the molecule is Cc1cc(/C=C2/NC(=O)N(CC(=O)Nc3ccccc3F)C2=O)c(C)n1-c1ccc(Cl)cc1Cl. The maximum Gasteiger partial charge on any atom is 0.329 e. The fraction of sp³-hybridized carbons (Fsp3) is 0.125. The number of anilines is 1. The number of para-hydroxylation sites is 1. The lowest BCUT2D eigenvalue weighted by atomic mass is 10.2. The van der Waals surface area contributed by atoms with E-state index >= 15 is 0 Å². The molecule has 0 radical (unpaired) electrons. The molecule has 1 aliphatic heterocycles. The fourth-order valence-electron chi connectivity index (χ4n) is 3.73. The third-order valence-corrected chi connectivity index (χ3v) is 5.87. The molecule has 4 amide bonds. The Hall–Kier alpha value is -3.62. The van der Waals surface area contributed by atoms with E-state index in [9.17, 15) is 18.8 Å². The molecule has 1 aliphatic rings. The van der Waals surface area contributed by atoms with E-state index in [1.54, 1.807) is 24.3 Å². The smallest absolute Gasteiger partial charge is 0.322 e. The van der Waals surface area contributed by atoms with Crippen LogP contribution in [0.3, 0.4) is 0 Å². The zero-order chi connectivity index (χ0) is 24.6. The predicted molar refractivity (Wildman–Crippen MR) is 129 cm³/mol. The zero-order valence-electron chi connectivity index (χ0n) is 18.2. The van der Waals surface area contributed by atoms with E-state index in [1.807, 2.05) is 24.5 Å². The molecule has 1 saturated heterocycles. The number of aryl methyl sites for hydroxylation is 1. The van der Waals surface area contributed by atoms with Gasteiger partial charge in [0.25, 0.3) is 5.91 Å². The second-order valence-corrected chi connectivity index (χ2v) is 8.51. The van der Waals surface area contributed by atoms with E-state index < -0.39 is 30.2 Å². The lowest BCUT2D eigenvalue weighted by Gasteiger charge is -2.12. The number of urea groups is 1. The number of nitrogens with zero attached hydrogens (tertiary/aromatic N) is 2. The van der Waals surface area contributed by atoms with E-state index in [-0.39, 0.29) is 11.4 Å². The summed E-state index contributed by atoms with van der Waals surface area (Å²) < 4.78 is 15.7. The number of amides is 4. The molecule has 4 rings (SSSR count). The molecule has 2 heterocycles. The van der Waals surface area contributed by atoms with Gasteiger partial charge in [0.1, 0.15) is 18.1 Å². The highest BCUT2D eigenvalue weighted by molar-refractivity contribution is 6.35. The van der Waals surface area contributed by atoms with Crippen molar-refractivity contribution < 1.29 is 18.8 Å². The number of carbonyl (C=O) groups is 3. The molecule has 0 atom stereocenters. The van der Waals surface area contributed by atoms with Crippen LogP contribution in [0.25, 0.3) is 11.8 Å². The van der Waals surface area contributed by atoms with E-state index in [1.165, 1.54) is 24.3 Å². The number of aromatic nitrogens is 1. The van der Waals surface area contributed by atoms with Crippen LogP contribution in [0.2, 0.25) is 10.0 Å². The van der Waals surface area contributed by atoms with Gasteiger partial charge >= 0.3 is 6.03 Å². The van der Waals surface area contributed by atoms with E-state index in [2.05, 4.69) is 10.6 Å². The third-order valence-electron chi connectivity index (χ3n) is 5.33. The van der Waals surface area contributed by atoms with Crippen LogP contribution in [-0.4, -0.2) is 33.9 Å². The summed E-state index contributed by atoms with van der Waals surface area (Å²) >= 11 is 12.4. The van der Waals surface area contributed by atoms with Crippen LogP contribution in [0.1, 0.15) is 17.0 Å². The van der Waals surface area contributed by atoms with Gasteiger partial charge in [-0.2, -0.15) is 0 Å². The standard InChI is InChI=1S/C24H19Cl2FN4O3/c1-13-9-15(14(2)31(13)21-8-7-16(25)11-17(21)26)10-20-23(33)30(24(34)29-20)12-22(32)28-19-6-4-3-5-18(19)27/h3-11H,12H2,1-2H3,(H,28,32)(H,29,34)/b20-10+. The number of rotatable bonds is 5. The Morgan fingerprint density at radius 1 is 1.12 bits per heavy atom. The van der Waals surface area contributed by atoms with Crippen molar-refractivity contribution in [2.75, 3.05) is 11.9 Å². The Balaban J connectivity index is 1.56. The van der Waals surface area contributed by atoms with Crippen LogP contribution in [0.15, 0.2) is 54.2 Å². The van der Waals surface area contributed by atoms with Crippen LogP contribution in [0.4, 0.5) is 14.9 Å². The van der Waals surface area contributed by atoms with Gasteiger partial charge in [-0.1, -0.05) is 35.3 Å². The van der Waals surface area contributed by atoms with Gasteiger partial charge in [0.15, 0.2) is 0 Å². The Kier molecular flexibility index (Phi) is 6.45. The molecule has 0 unspecified atom stereocenters. The summed E-state index contributed by atoms with van der Waals surface area (Å²) in [4.78, 5) is 38.2. The molecule has 1 fully saturated rings. The van der Waals surface area contributed by atoms with E-state index in [4.69, 9.17) is 23.2 Å². The predicted octanol–water partition coefficient (Wildman–Crippen LogP) is 5.07. The van der Waals surface area contributed by atoms with Gasteiger partial charge in [-0.15, -0.1) is 0 Å². The van der Waals surface area contributed by atoms with E-state index in [0.29, 0.717) is 15.6 Å². The first-order valence-corrected chi connectivity index (χ1v) is 10.9. The summed E-state index contributed by atoms with van der Waals surface area (Å²) in [6.07, 6.45) is 1.54. The minimum Gasteiger partial charge on any atom is -0.322 e. The second-order valence-electron chi connectivity index (χ2n) is 7.67. The summed E-state index contributed by atoms with van der Waals surface area (Å²) in [6.45, 7) is 3.18. The first-order valence-electron chi connectivity index (χ1n) is 10.2. The number of halogens is 3. The lowest BCUT2D eigenvalue weighted by Crippen LogP contribution is -2.38. The molecule has 1 aromatic heterocycles. The van der Waals surface area contributed by atoms with Crippen molar-refractivity contribution in [1.29, 1.82) is 0 Å². The van der Waals surface area contributed by atoms with Crippen molar-refractivity contribution in [2.24, 2.45) is 0 Å². The molecule has 34 heavy (non-hydrogen) atoms. The zero-order valence-corrected chi connectivity index (χ0v) is 19.7. The van der Waals surface area contributed by atoms with Crippen molar-refractivity contribution in [3.05, 3.63) is 87.0 Å². The lowest BCUT2D eigenvalue weighted by molar-refractivity contribution is -0.127. The summed E-state index contributed by atoms with van der Waals surface area (Å²) in [5.74, 6) is -1.99. The molecule has 2 aromatic carbocycles. The number of imide groups is 1. The maximum absolute atomic E-state index is 13.8. The highest BCUT2D eigenvalue weighted by Gasteiger charge is 2.35. The molecular weight excluding hydrogens is 482 g/mol. The van der Waals surface area contributed by atoms with Gasteiger partial charge in [0.2, 0.25) is 5.91 Å². The third kappa shape index (κ3) is 4.55. The number of hydrogen-bond donors (Lipinski definition) is 2. The molecule has 3 aromatic rings. The average molecular weight is 501 g/mol. The van der Waals surface area contributed by atoms with Crippen molar-refractivity contribution in [1.82, 2.24) is 14.8 Å². The van der Waals surface area contributed by atoms with Crippen molar-refractivity contribution in [2.45, 2.75) is 13.8 Å². The van der Waals surface area contributed by atoms with Crippen LogP contribution >= 0.6 is 23.2 Å². The minimum atomic E-state index is -0.741. The Labute approximate surface area is 204 Å². The first-order chi connectivity index (χ1) is 16.2. The first kappa shape index (κ1) is 23.5. The fourth-order valence-corrected chi connectivity index (χ4v) is 4.23. The van der Waals surface area contributed by atoms with Gasteiger partial charge < -0.3 is 15.2 Å². The maximum atomic E-state index is 13.8. The second kappa shape index (κ2) is 9.32. The Morgan fingerprint density at radius 2 is 1.85 bits per heavy atom. The van der Waals surface area contributed by atoms with Crippen LogP contribution in [-0.2, 0) is 9.59 Å². The summed E-state index contributed by atoms with van der Waals surface area (Å²) in [6, 6.07) is 11.9. The number of benzene rings is 2. The van der Waals surface area contributed by atoms with Gasteiger partial charge in [-0.25, -0.2) is 14.1 Å². The Morgan fingerprint density at radius 3 is 2.56 bits per heavy atom. The van der Waals surface area contributed by atoms with Gasteiger partial charge in [-0.05, 0) is 61.9 Å². The highest BCUT2D eigenvalue weighted by Crippen LogP contribution is 2.30. The molecule has 0 bridgehead atoms. The summed E-state index contributed by atoms with van der Waals surface area (Å²) in [7, 11) is 0. The summed E-state index contributed by atoms with van der Waals surface area (Å²) in [5.41, 5.74) is 3.03. The molecule has 0 saturated carbocycles.